The summed E-state index contributed by atoms with van der Waals surface area (Å²) in [5, 5.41) is 0. The van der Waals surface area contributed by atoms with Gasteiger partial charge in [-0.15, -0.1) is 0 Å². The van der Waals surface area contributed by atoms with Crippen molar-refractivity contribution in [2.45, 2.75) is 58.7 Å². The van der Waals surface area contributed by atoms with Gasteiger partial charge in [-0.2, -0.15) is 0 Å². The second-order valence-electron chi connectivity index (χ2n) is 5.99. The third-order valence-electron chi connectivity index (χ3n) is 4.50. The highest BCUT2D eigenvalue weighted by molar-refractivity contribution is 5.99. The summed E-state index contributed by atoms with van der Waals surface area (Å²) < 4.78 is 5.72. The Morgan fingerprint density at radius 1 is 1.33 bits per heavy atom. The molecular formula is C18H27NO2. The Labute approximate surface area is 128 Å². The SMILES string of the molecule is CCc1ccc(C(=O)C(C)N2CC(C)OCC2CC)cc1. The number of benzene rings is 1. The van der Waals surface area contributed by atoms with Crippen LogP contribution >= 0.6 is 0 Å². The number of nitrogens with zero attached hydrogens (tertiary/aromatic N) is 1. The van der Waals surface area contributed by atoms with Crippen LogP contribution in [0.25, 0.3) is 0 Å². The summed E-state index contributed by atoms with van der Waals surface area (Å²) in [6, 6.07) is 8.28. The summed E-state index contributed by atoms with van der Waals surface area (Å²) in [4.78, 5) is 15.0. The molecule has 0 amide bonds. The lowest BCUT2D eigenvalue weighted by Crippen LogP contribution is -2.54. The summed E-state index contributed by atoms with van der Waals surface area (Å²) in [6.07, 6.45) is 2.22. The molecule has 3 heteroatoms. The molecule has 1 saturated heterocycles. The molecule has 0 radical (unpaired) electrons. The van der Waals surface area contributed by atoms with Crippen molar-refractivity contribution in [2.24, 2.45) is 0 Å². The quantitative estimate of drug-likeness (QED) is 0.779. The minimum Gasteiger partial charge on any atom is -0.376 e. The van der Waals surface area contributed by atoms with Crippen LogP contribution in [-0.2, 0) is 11.2 Å². The van der Waals surface area contributed by atoms with E-state index >= 15 is 0 Å². The molecule has 1 aromatic rings. The fourth-order valence-corrected chi connectivity index (χ4v) is 2.99. The number of rotatable bonds is 5. The number of carbonyl (C=O) groups is 1. The Hall–Kier alpha value is -1.19. The molecule has 3 nitrogen and oxygen atoms in total. The second-order valence-corrected chi connectivity index (χ2v) is 5.99. The van der Waals surface area contributed by atoms with Gasteiger partial charge in [-0.25, -0.2) is 0 Å². The molecule has 0 aliphatic carbocycles. The van der Waals surface area contributed by atoms with Crippen LogP contribution in [0.1, 0.15) is 50.0 Å². The number of ketones is 1. The molecule has 21 heavy (non-hydrogen) atoms. The van der Waals surface area contributed by atoms with Gasteiger partial charge < -0.3 is 4.74 Å². The lowest BCUT2D eigenvalue weighted by atomic mass is 9.99. The Bertz CT molecular complexity index is 469. The van der Waals surface area contributed by atoms with Crippen molar-refractivity contribution in [1.29, 1.82) is 0 Å². The van der Waals surface area contributed by atoms with E-state index in [1.165, 1.54) is 5.56 Å². The molecule has 1 aliphatic heterocycles. The molecule has 0 bridgehead atoms. The Morgan fingerprint density at radius 2 is 2.00 bits per heavy atom. The van der Waals surface area contributed by atoms with E-state index < -0.39 is 0 Å². The highest BCUT2D eigenvalue weighted by Crippen LogP contribution is 2.20. The average molecular weight is 289 g/mol. The van der Waals surface area contributed by atoms with Crippen LogP contribution in [0, 0.1) is 0 Å². The predicted molar refractivity (Wildman–Crippen MR) is 85.8 cm³/mol. The maximum Gasteiger partial charge on any atom is 0.179 e. The van der Waals surface area contributed by atoms with Gasteiger partial charge in [0.2, 0.25) is 0 Å². The van der Waals surface area contributed by atoms with Crippen LogP contribution in [0.4, 0.5) is 0 Å². The van der Waals surface area contributed by atoms with E-state index in [9.17, 15) is 4.79 Å². The normalized spacial score (nSPS) is 24.8. The smallest absolute Gasteiger partial charge is 0.179 e. The molecule has 0 aromatic heterocycles. The number of morpholine rings is 1. The van der Waals surface area contributed by atoms with Crippen LogP contribution < -0.4 is 0 Å². The summed E-state index contributed by atoms with van der Waals surface area (Å²) in [5.74, 6) is 0.213. The number of carbonyl (C=O) groups excluding carboxylic acids is 1. The zero-order valence-electron chi connectivity index (χ0n) is 13.6. The standard InChI is InChI=1S/C18H27NO2/c1-5-15-7-9-16(10-8-15)18(20)14(4)19-11-13(3)21-12-17(19)6-2/h7-10,13-14,17H,5-6,11-12H2,1-4H3. The molecule has 1 aromatic carbocycles. The Kier molecular flexibility index (Phi) is 5.54. The monoisotopic (exact) mass is 289 g/mol. The molecule has 3 atom stereocenters. The molecule has 1 aliphatic rings. The van der Waals surface area contributed by atoms with E-state index in [-0.39, 0.29) is 17.9 Å². The van der Waals surface area contributed by atoms with Crippen molar-refractivity contribution < 1.29 is 9.53 Å². The zero-order valence-corrected chi connectivity index (χ0v) is 13.6. The van der Waals surface area contributed by atoms with Gasteiger partial charge in [-0.3, -0.25) is 9.69 Å². The van der Waals surface area contributed by atoms with Crippen LogP contribution in [0.2, 0.25) is 0 Å². The van der Waals surface area contributed by atoms with Gasteiger partial charge in [-0.05, 0) is 32.3 Å². The number of hydrogen-bond donors (Lipinski definition) is 0. The van der Waals surface area contributed by atoms with Crippen molar-refractivity contribution in [3.8, 4) is 0 Å². The first-order chi connectivity index (χ1) is 10.1. The molecule has 2 rings (SSSR count). The van der Waals surface area contributed by atoms with Crippen molar-refractivity contribution in [3.63, 3.8) is 0 Å². The van der Waals surface area contributed by atoms with Crippen molar-refractivity contribution in [1.82, 2.24) is 4.90 Å². The molecule has 1 fully saturated rings. The number of Topliss-reactive ketones (excluding diaryl/α,β-unsaturated/α-hetero) is 1. The summed E-state index contributed by atoms with van der Waals surface area (Å²) in [7, 11) is 0. The lowest BCUT2D eigenvalue weighted by Gasteiger charge is -2.41. The maximum atomic E-state index is 12.7. The van der Waals surface area contributed by atoms with E-state index in [0.29, 0.717) is 6.04 Å². The van der Waals surface area contributed by atoms with Crippen LogP contribution in [-0.4, -0.2) is 42.0 Å². The third-order valence-corrected chi connectivity index (χ3v) is 4.50. The Balaban J connectivity index is 2.12. The minimum absolute atomic E-state index is 0.0891. The lowest BCUT2D eigenvalue weighted by molar-refractivity contribution is -0.0648. The first kappa shape index (κ1) is 16.2. The van der Waals surface area contributed by atoms with E-state index in [2.05, 4.69) is 37.8 Å². The summed E-state index contributed by atoms with van der Waals surface area (Å²) in [6.45, 7) is 9.94. The van der Waals surface area contributed by atoms with E-state index in [4.69, 9.17) is 4.74 Å². The van der Waals surface area contributed by atoms with E-state index in [1.54, 1.807) is 0 Å². The largest absolute Gasteiger partial charge is 0.376 e. The Morgan fingerprint density at radius 3 is 2.57 bits per heavy atom. The van der Waals surface area contributed by atoms with Crippen molar-refractivity contribution >= 4 is 5.78 Å². The fraction of sp³-hybridized carbons (Fsp3) is 0.611. The first-order valence-electron chi connectivity index (χ1n) is 8.07. The molecule has 3 unspecified atom stereocenters. The van der Waals surface area contributed by atoms with Gasteiger partial charge >= 0.3 is 0 Å². The average Bonchev–Trinajstić information content (AvgIpc) is 2.53. The van der Waals surface area contributed by atoms with Gasteiger partial charge in [0, 0.05) is 18.2 Å². The van der Waals surface area contributed by atoms with Gasteiger partial charge in [-0.1, -0.05) is 38.1 Å². The van der Waals surface area contributed by atoms with Crippen LogP contribution in [0.15, 0.2) is 24.3 Å². The second kappa shape index (κ2) is 7.19. The predicted octanol–water partition coefficient (Wildman–Crippen LogP) is 3.32. The van der Waals surface area contributed by atoms with Gasteiger partial charge in [0.15, 0.2) is 5.78 Å². The molecular weight excluding hydrogens is 262 g/mol. The molecule has 0 spiro atoms. The van der Waals surface area contributed by atoms with E-state index in [0.717, 1.165) is 31.6 Å². The van der Waals surface area contributed by atoms with Crippen LogP contribution in [0.5, 0.6) is 0 Å². The van der Waals surface area contributed by atoms with Gasteiger partial charge in [0.25, 0.3) is 0 Å². The molecule has 116 valence electrons. The molecule has 1 heterocycles. The minimum atomic E-state index is -0.0891. The maximum absolute atomic E-state index is 12.7. The number of hydrogen-bond acceptors (Lipinski definition) is 3. The first-order valence-corrected chi connectivity index (χ1v) is 8.07. The third kappa shape index (κ3) is 3.72. The molecule has 0 N–H and O–H groups in total. The number of ether oxygens (including phenoxy) is 1. The zero-order chi connectivity index (χ0) is 15.4. The van der Waals surface area contributed by atoms with Gasteiger partial charge in [0.05, 0.1) is 18.8 Å². The van der Waals surface area contributed by atoms with Crippen molar-refractivity contribution in [2.75, 3.05) is 13.2 Å². The highest BCUT2D eigenvalue weighted by atomic mass is 16.5. The summed E-state index contributed by atoms with van der Waals surface area (Å²) in [5.41, 5.74) is 2.08. The van der Waals surface area contributed by atoms with Gasteiger partial charge in [0.1, 0.15) is 0 Å². The topological polar surface area (TPSA) is 29.5 Å². The summed E-state index contributed by atoms with van der Waals surface area (Å²) >= 11 is 0. The number of aryl methyl sites for hydroxylation is 1. The van der Waals surface area contributed by atoms with Crippen LogP contribution in [0.3, 0.4) is 0 Å². The fourth-order valence-electron chi connectivity index (χ4n) is 2.99. The highest BCUT2D eigenvalue weighted by Gasteiger charge is 2.32. The molecule has 0 saturated carbocycles. The van der Waals surface area contributed by atoms with E-state index in [1.807, 2.05) is 19.1 Å². The van der Waals surface area contributed by atoms with Crippen molar-refractivity contribution in [3.05, 3.63) is 35.4 Å².